The van der Waals surface area contributed by atoms with Crippen molar-refractivity contribution in [3.8, 4) is 11.5 Å². The Balaban J connectivity index is 1.78. The number of hydrogen-bond donors (Lipinski definition) is 3. The zero-order chi connectivity index (χ0) is 22.9. The summed E-state index contributed by atoms with van der Waals surface area (Å²) < 4.78 is 5.25. The zero-order valence-electron chi connectivity index (χ0n) is 18.4. The van der Waals surface area contributed by atoms with Crippen molar-refractivity contribution in [1.82, 2.24) is 4.90 Å². The predicted molar refractivity (Wildman–Crippen MR) is 126 cm³/mol. The van der Waals surface area contributed by atoms with Crippen LogP contribution in [0.15, 0.2) is 72.8 Å². The zero-order valence-corrected chi connectivity index (χ0v) is 18.4. The van der Waals surface area contributed by atoms with Crippen LogP contribution in [0.1, 0.15) is 29.7 Å². The van der Waals surface area contributed by atoms with Crippen molar-refractivity contribution < 1.29 is 19.7 Å². The molecule has 6 nitrogen and oxygen atoms in total. The van der Waals surface area contributed by atoms with E-state index >= 15 is 0 Å². The topological polar surface area (TPSA) is 82.0 Å². The number of hydrogen-bond acceptors (Lipinski definition) is 5. The van der Waals surface area contributed by atoms with Crippen LogP contribution in [0.3, 0.4) is 0 Å². The van der Waals surface area contributed by atoms with Gasteiger partial charge < -0.3 is 20.3 Å². The number of ether oxygens (including phenoxy) is 1. The van der Waals surface area contributed by atoms with Crippen LogP contribution in [0.2, 0.25) is 0 Å². The van der Waals surface area contributed by atoms with E-state index in [1.165, 1.54) is 11.6 Å². The number of benzene rings is 3. The summed E-state index contributed by atoms with van der Waals surface area (Å²) in [6, 6.07) is 23.1. The molecule has 0 aliphatic rings. The maximum Gasteiger partial charge on any atom is 0.211 e. The highest BCUT2D eigenvalue weighted by atomic mass is 16.5. The van der Waals surface area contributed by atoms with E-state index < -0.39 is 6.10 Å². The standard InChI is InChI=1S/C26H30N2O4/c1-19(14-20-8-11-23(32-2)12-9-20)28(16-21-6-4-3-5-7-21)17-26(31)22-10-13-25(30)24(15-22)27-18-29/h3-13,15,18-19,26,30-31H,14,16-17H2,1-2H3,(H,27,29). The van der Waals surface area contributed by atoms with Gasteiger partial charge in [0.05, 0.1) is 18.9 Å². The lowest BCUT2D eigenvalue weighted by Gasteiger charge is -2.31. The molecular weight excluding hydrogens is 404 g/mol. The van der Waals surface area contributed by atoms with Gasteiger partial charge in [0.15, 0.2) is 0 Å². The predicted octanol–water partition coefficient (Wildman–Crippen LogP) is 4.14. The van der Waals surface area contributed by atoms with Gasteiger partial charge in [0.2, 0.25) is 6.41 Å². The second-order valence-electron chi connectivity index (χ2n) is 7.87. The molecule has 0 fully saturated rings. The highest BCUT2D eigenvalue weighted by molar-refractivity contribution is 5.75. The first-order valence-electron chi connectivity index (χ1n) is 10.6. The lowest BCUT2D eigenvalue weighted by molar-refractivity contribution is -0.105. The summed E-state index contributed by atoms with van der Waals surface area (Å²) in [5.41, 5.74) is 3.25. The van der Waals surface area contributed by atoms with Gasteiger partial charge >= 0.3 is 0 Å². The number of aliphatic hydroxyl groups excluding tert-OH is 1. The third-order valence-electron chi connectivity index (χ3n) is 5.57. The van der Waals surface area contributed by atoms with Gasteiger partial charge in [-0.05, 0) is 54.3 Å². The number of rotatable bonds is 11. The maximum atomic E-state index is 11.0. The van der Waals surface area contributed by atoms with E-state index in [2.05, 4.69) is 41.4 Å². The third kappa shape index (κ3) is 6.33. The minimum atomic E-state index is -0.787. The molecule has 0 spiro atoms. The Morgan fingerprint density at radius 1 is 1.03 bits per heavy atom. The average Bonchev–Trinajstić information content (AvgIpc) is 2.81. The quantitative estimate of drug-likeness (QED) is 0.312. The summed E-state index contributed by atoms with van der Waals surface area (Å²) in [4.78, 5) is 13.0. The Bertz CT molecular complexity index is 992. The number of methoxy groups -OCH3 is 1. The van der Waals surface area contributed by atoms with Gasteiger partial charge in [0.25, 0.3) is 0 Å². The summed E-state index contributed by atoms with van der Waals surface area (Å²) in [6.07, 6.45) is 0.533. The van der Waals surface area contributed by atoms with Gasteiger partial charge in [0.1, 0.15) is 11.5 Å². The van der Waals surface area contributed by atoms with Crippen molar-refractivity contribution in [3.05, 3.63) is 89.5 Å². The van der Waals surface area contributed by atoms with Crippen LogP contribution >= 0.6 is 0 Å². The number of amides is 1. The van der Waals surface area contributed by atoms with Crippen molar-refractivity contribution in [2.24, 2.45) is 0 Å². The van der Waals surface area contributed by atoms with Gasteiger partial charge in [-0.2, -0.15) is 0 Å². The van der Waals surface area contributed by atoms with Crippen molar-refractivity contribution >= 4 is 12.1 Å². The molecule has 2 unspecified atom stereocenters. The maximum absolute atomic E-state index is 11.0. The normalized spacial score (nSPS) is 12.9. The fourth-order valence-electron chi connectivity index (χ4n) is 3.72. The van der Waals surface area contributed by atoms with Gasteiger partial charge in [-0.3, -0.25) is 9.69 Å². The molecule has 0 saturated heterocycles. The Hall–Kier alpha value is -3.35. The van der Waals surface area contributed by atoms with E-state index in [-0.39, 0.29) is 17.5 Å². The molecule has 3 aromatic rings. The molecular formula is C26H30N2O4. The van der Waals surface area contributed by atoms with Crippen LogP contribution in [-0.4, -0.2) is 41.2 Å². The number of aliphatic hydroxyl groups is 1. The molecule has 1 amide bonds. The van der Waals surface area contributed by atoms with Crippen molar-refractivity contribution in [3.63, 3.8) is 0 Å². The first-order chi connectivity index (χ1) is 15.5. The van der Waals surface area contributed by atoms with Crippen LogP contribution in [-0.2, 0) is 17.8 Å². The Kier molecular flexibility index (Phi) is 8.25. The van der Waals surface area contributed by atoms with Gasteiger partial charge in [-0.25, -0.2) is 0 Å². The third-order valence-corrected chi connectivity index (χ3v) is 5.57. The van der Waals surface area contributed by atoms with Gasteiger partial charge in [0, 0.05) is 19.1 Å². The van der Waals surface area contributed by atoms with E-state index in [0.29, 0.717) is 25.1 Å². The molecule has 3 rings (SSSR count). The summed E-state index contributed by atoms with van der Waals surface area (Å²) in [6.45, 7) is 3.24. The minimum Gasteiger partial charge on any atom is -0.506 e. The molecule has 0 bridgehead atoms. The van der Waals surface area contributed by atoms with Crippen molar-refractivity contribution in [1.29, 1.82) is 0 Å². The van der Waals surface area contributed by atoms with Crippen molar-refractivity contribution in [2.45, 2.75) is 32.0 Å². The summed E-state index contributed by atoms with van der Waals surface area (Å²) in [7, 11) is 1.65. The Labute approximate surface area is 189 Å². The van der Waals surface area contributed by atoms with E-state index in [0.717, 1.165) is 17.7 Å². The molecule has 3 N–H and O–H groups in total. The second kappa shape index (κ2) is 11.3. The number of aromatic hydroxyl groups is 1. The molecule has 0 heterocycles. The molecule has 0 aliphatic heterocycles. The molecule has 0 aliphatic carbocycles. The number of nitrogens with zero attached hydrogens (tertiary/aromatic N) is 1. The summed E-state index contributed by atoms with van der Waals surface area (Å²) >= 11 is 0. The number of phenolic OH excluding ortho intramolecular Hbond substituents is 1. The van der Waals surface area contributed by atoms with E-state index in [1.54, 1.807) is 19.2 Å². The van der Waals surface area contributed by atoms with Crippen LogP contribution < -0.4 is 10.1 Å². The highest BCUT2D eigenvalue weighted by Gasteiger charge is 2.20. The number of carbonyl (C=O) groups excluding carboxylic acids is 1. The fourth-order valence-corrected chi connectivity index (χ4v) is 3.72. The van der Waals surface area contributed by atoms with Gasteiger partial charge in [-0.1, -0.05) is 48.5 Å². The first kappa shape index (κ1) is 23.3. The van der Waals surface area contributed by atoms with Gasteiger partial charge in [-0.15, -0.1) is 0 Å². The number of carbonyl (C=O) groups is 1. The van der Waals surface area contributed by atoms with Crippen LogP contribution in [0, 0.1) is 0 Å². The first-order valence-corrected chi connectivity index (χ1v) is 10.6. The molecule has 6 heteroatoms. The Morgan fingerprint density at radius 2 is 1.75 bits per heavy atom. The summed E-state index contributed by atoms with van der Waals surface area (Å²) in [5.74, 6) is 0.784. The number of phenols is 1. The Morgan fingerprint density at radius 3 is 2.41 bits per heavy atom. The molecule has 0 saturated carbocycles. The smallest absolute Gasteiger partial charge is 0.211 e. The minimum absolute atomic E-state index is 0.0398. The molecule has 0 aromatic heterocycles. The van der Waals surface area contributed by atoms with E-state index in [1.807, 2.05) is 30.3 Å². The summed E-state index contributed by atoms with van der Waals surface area (Å²) in [5, 5.41) is 23.3. The van der Waals surface area contributed by atoms with E-state index in [9.17, 15) is 15.0 Å². The second-order valence-corrected chi connectivity index (χ2v) is 7.87. The molecule has 32 heavy (non-hydrogen) atoms. The van der Waals surface area contributed by atoms with Crippen LogP contribution in [0.4, 0.5) is 5.69 Å². The lowest BCUT2D eigenvalue weighted by atomic mass is 10.0. The monoisotopic (exact) mass is 434 g/mol. The van der Waals surface area contributed by atoms with Crippen LogP contribution in [0.25, 0.3) is 0 Å². The van der Waals surface area contributed by atoms with Crippen LogP contribution in [0.5, 0.6) is 11.5 Å². The largest absolute Gasteiger partial charge is 0.506 e. The number of nitrogens with one attached hydrogen (secondary N) is 1. The molecule has 2 atom stereocenters. The lowest BCUT2D eigenvalue weighted by Crippen LogP contribution is -2.37. The van der Waals surface area contributed by atoms with E-state index in [4.69, 9.17) is 4.74 Å². The molecule has 168 valence electrons. The SMILES string of the molecule is COc1ccc(CC(C)N(Cc2ccccc2)CC(O)c2ccc(O)c(NC=O)c2)cc1. The number of anilines is 1. The van der Waals surface area contributed by atoms with Crippen molar-refractivity contribution in [2.75, 3.05) is 19.0 Å². The molecule has 0 radical (unpaired) electrons. The molecule has 3 aromatic carbocycles. The average molecular weight is 435 g/mol. The fraction of sp³-hybridized carbons (Fsp3) is 0.269. The highest BCUT2D eigenvalue weighted by Crippen LogP contribution is 2.28.